The van der Waals surface area contributed by atoms with E-state index in [-0.39, 0.29) is 52.5 Å². The predicted octanol–water partition coefficient (Wildman–Crippen LogP) is 5.75. The van der Waals surface area contributed by atoms with E-state index < -0.39 is 34.9 Å². The van der Waals surface area contributed by atoms with Crippen LogP contribution in [0.3, 0.4) is 0 Å². The number of aliphatic carboxylic acids is 1. The summed E-state index contributed by atoms with van der Waals surface area (Å²) in [5.41, 5.74) is -0.440. The molecule has 0 unspecified atom stereocenters. The highest BCUT2D eigenvalue weighted by Gasteiger charge is 2.72. The van der Waals surface area contributed by atoms with Crippen molar-refractivity contribution in [3.8, 4) is 0 Å². The maximum atomic E-state index is 13.4. The van der Waals surface area contributed by atoms with Crippen LogP contribution in [-0.4, -0.2) is 86.2 Å². The van der Waals surface area contributed by atoms with Gasteiger partial charge in [0.15, 0.2) is 0 Å². The van der Waals surface area contributed by atoms with Crippen molar-refractivity contribution in [2.45, 2.75) is 106 Å². The minimum absolute atomic E-state index is 0.183. The summed E-state index contributed by atoms with van der Waals surface area (Å²) in [7, 11) is 0. The second-order valence-electron chi connectivity index (χ2n) is 17.5. The van der Waals surface area contributed by atoms with Gasteiger partial charge in [0.1, 0.15) is 12.2 Å². The van der Waals surface area contributed by atoms with Gasteiger partial charge in [0.25, 0.3) is 0 Å². The number of esters is 2. The maximum Gasteiger partial charge on any atom is 0.320 e. The zero-order valence-electron chi connectivity index (χ0n) is 30.1. The van der Waals surface area contributed by atoms with Crippen LogP contribution in [0, 0.1) is 56.7 Å². The second kappa shape index (κ2) is 12.1. The molecule has 4 aliphatic carbocycles. The predicted molar refractivity (Wildman–Crippen MR) is 176 cm³/mol. The van der Waals surface area contributed by atoms with Crippen molar-refractivity contribution in [2.24, 2.45) is 56.7 Å². The lowest BCUT2D eigenvalue weighted by Crippen LogP contribution is -2.70. The molecule has 0 aromatic carbocycles. The first-order chi connectivity index (χ1) is 22.0. The first-order valence-corrected chi connectivity index (χ1v) is 18.2. The number of rotatable bonds is 7. The number of carbonyl (C=O) groups is 3. The number of carbonyl (C=O) groups excluding carboxylic acids is 2. The summed E-state index contributed by atoms with van der Waals surface area (Å²) < 4.78 is 24.4. The van der Waals surface area contributed by atoms with Gasteiger partial charge in [-0.05, 0) is 78.4 Å². The third kappa shape index (κ3) is 5.22. The Balaban J connectivity index is 1.37. The van der Waals surface area contributed by atoms with Gasteiger partial charge in [-0.15, -0.1) is 0 Å². The van der Waals surface area contributed by atoms with Gasteiger partial charge < -0.3 is 24.1 Å². The lowest BCUT2D eigenvalue weighted by molar-refractivity contribution is -0.263. The average molecular weight is 658 g/mol. The van der Waals surface area contributed by atoms with Gasteiger partial charge in [-0.25, -0.2) is 0 Å². The third-order valence-electron chi connectivity index (χ3n) is 15.1. The van der Waals surface area contributed by atoms with Crippen molar-refractivity contribution in [1.82, 2.24) is 4.90 Å². The van der Waals surface area contributed by atoms with Gasteiger partial charge >= 0.3 is 17.9 Å². The zero-order chi connectivity index (χ0) is 34.2. The Bertz CT molecular complexity index is 1290. The first-order valence-electron chi connectivity index (χ1n) is 18.2. The number of hydrogen-bond donors (Lipinski definition) is 1. The van der Waals surface area contributed by atoms with E-state index in [4.69, 9.17) is 18.9 Å². The minimum atomic E-state index is -0.667. The van der Waals surface area contributed by atoms with Crippen molar-refractivity contribution in [1.29, 1.82) is 0 Å². The number of carboxylic acids is 1. The van der Waals surface area contributed by atoms with Crippen molar-refractivity contribution in [3.63, 3.8) is 0 Å². The van der Waals surface area contributed by atoms with Crippen LogP contribution >= 0.6 is 0 Å². The summed E-state index contributed by atoms with van der Waals surface area (Å²) in [6.07, 6.45) is 6.23. The fourth-order valence-corrected chi connectivity index (χ4v) is 12.2. The third-order valence-corrected chi connectivity index (χ3v) is 15.1. The summed E-state index contributed by atoms with van der Waals surface area (Å²) >= 11 is 0. The molecule has 1 N–H and O–H groups in total. The fraction of sp³-hybridized carbons (Fsp3) is 0.868. The largest absolute Gasteiger partial charge is 0.481 e. The molecule has 6 aliphatic rings. The lowest BCUT2D eigenvalue weighted by Gasteiger charge is -2.71. The van der Waals surface area contributed by atoms with Crippen LogP contribution in [0.15, 0.2) is 11.6 Å². The van der Waals surface area contributed by atoms with Crippen LogP contribution in [0.5, 0.6) is 0 Å². The van der Waals surface area contributed by atoms with Crippen LogP contribution in [0.1, 0.15) is 93.9 Å². The van der Waals surface area contributed by atoms with E-state index in [0.29, 0.717) is 58.3 Å². The first kappa shape index (κ1) is 34.9. The molecular weight excluding hydrogens is 598 g/mol. The van der Waals surface area contributed by atoms with E-state index in [0.717, 1.165) is 25.7 Å². The van der Waals surface area contributed by atoms with Crippen molar-refractivity contribution < 1.29 is 38.4 Å². The smallest absolute Gasteiger partial charge is 0.320 e. The molecule has 47 heavy (non-hydrogen) atoms. The standard InChI is InChI=1S/C38H59NO8/c1-23(2)24(3)34(5)13-14-36(7)26-9-10-29-35(6)21-45-22-38(29,27(26)11-12-37(36,8)31(34)33(42)43)19-28(46-25(4)40)32(35)47-30(41)20-39-15-17-44-18-16-39/h11,23-24,26,28-29,31-32H,9-10,12-22H2,1-8H3,(H,42,43)/t24-,26+,28-,29+,31-,32+,34-,35+,36-,37+,38+/m1/s1. The molecule has 3 saturated carbocycles. The molecule has 0 radical (unpaired) electrons. The molecule has 0 amide bonds. The average Bonchev–Trinajstić information content (AvgIpc) is 2.99. The Morgan fingerprint density at radius 3 is 2.32 bits per heavy atom. The molecule has 2 aliphatic heterocycles. The van der Waals surface area contributed by atoms with Gasteiger partial charge in [0.05, 0.1) is 38.9 Å². The monoisotopic (exact) mass is 657 g/mol. The van der Waals surface area contributed by atoms with Crippen LogP contribution < -0.4 is 0 Å². The highest BCUT2D eigenvalue weighted by atomic mass is 16.6. The Kier molecular flexibility index (Phi) is 8.99. The van der Waals surface area contributed by atoms with Crippen LogP contribution in [0.4, 0.5) is 0 Å². The highest BCUT2D eigenvalue weighted by Crippen LogP contribution is 2.75. The number of hydrogen-bond acceptors (Lipinski definition) is 8. The summed E-state index contributed by atoms with van der Waals surface area (Å²) in [6.45, 7) is 20.9. The summed E-state index contributed by atoms with van der Waals surface area (Å²) in [6, 6.07) is 0. The number of carboxylic acid groups (broad SMARTS) is 1. The van der Waals surface area contributed by atoms with E-state index in [9.17, 15) is 19.5 Å². The Morgan fingerprint density at radius 2 is 1.68 bits per heavy atom. The van der Waals surface area contributed by atoms with E-state index in [1.54, 1.807) is 0 Å². The molecule has 11 atom stereocenters. The molecular formula is C38H59NO8. The van der Waals surface area contributed by atoms with Crippen LogP contribution in [0.2, 0.25) is 0 Å². The number of fused-ring (bicyclic) bond motifs is 3. The molecule has 2 bridgehead atoms. The van der Waals surface area contributed by atoms with Crippen molar-refractivity contribution in [2.75, 3.05) is 46.1 Å². The molecule has 9 heteroatoms. The van der Waals surface area contributed by atoms with Gasteiger partial charge in [-0.3, -0.25) is 19.3 Å². The molecule has 0 spiro atoms. The van der Waals surface area contributed by atoms with Crippen LogP contribution in [0.25, 0.3) is 0 Å². The normalized spacial score (nSPS) is 45.5. The minimum Gasteiger partial charge on any atom is -0.481 e. The van der Waals surface area contributed by atoms with Gasteiger partial charge in [0, 0.05) is 30.8 Å². The molecule has 2 heterocycles. The molecule has 9 nitrogen and oxygen atoms in total. The highest BCUT2D eigenvalue weighted by molar-refractivity contribution is 5.73. The fourth-order valence-electron chi connectivity index (χ4n) is 12.2. The van der Waals surface area contributed by atoms with Gasteiger partial charge in [0.2, 0.25) is 0 Å². The van der Waals surface area contributed by atoms with E-state index in [1.807, 2.05) is 0 Å². The molecule has 2 saturated heterocycles. The zero-order valence-corrected chi connectivity index (χ0v) is 30.1. The number of morpholine rings is 1. The Labute approximate surface area is 281 Å². The van der Waals surface area contributed by atoms with E-state index >= 15 is 0 Å². The SMILES string of the molecule is CC(=O)O[C@@H]1C[C@@]23COC[C@@](C)([C@@H]2CC[C@H]2C3=CC[C@@]3(C)[C@H](C(=O)O)[C@@](C)([C@H](C)C(C)C)CC[C@]23C)[C@H]1OC(=O)CN1CCOCC1. The van der Waals surface area contributed by atoms with E-state index in [2.05, 4.69) is 59.4 Å². The van der Waals surface area contributed by atoms with Crippen LogP contribution in [-0.2, 0) is 33.3 Å². The molecule has 6 rings (SSSR count). The number of ether oxygens (including phenoxy) is 4. The summed E-state index contributed by atoms with van der Waals surface area (Å²) in [4.78, 5) is 41.4. The Hall–Kier alpha value is -1.97. The van der Waals surface area contributed by atoms with Gasteiger partial charge in [-0.1, -0.05) is 60.1 Å². The number of nitrogens with zero attached hydrogens (tertiary/aromatic N) is 1. The van der Waals surface area contributed by atoms with Crippen molar-refractivity contribution >= 4 is 17.9 Å². The maximum absolute atomic E-state index is 13.4. The molecule has 0 aromatic rings. The lowest BCUT2D eigenvalue weighted by atomic mass is 9.34. The Morgan fingerprint density at radius 1 is 0.979 bits per heavy atom. The molecule has 264 valence electrons. The molecule has 0 aromatic heterocycles. The summed E-state index contributed by atoms with van der Waals surface area (Å²) in [5, 5.41) is 11.0. The topological polar surface area (TPSA) is 112 Å². The number of allylic oxidation sites excluding steroid dienone is 1. The molecule has 5 fully saturated rings. The van der Waals surface area contributed by atoms with Gasteiger partial charge in [-0.2, -0.15) is 0 Å². The summed E-state index contributed by atoms with van der Waals surface area (Å²) in [5.74, 6) is -0.721. The van der Waals surface area contributed by atoms with Crippen molar-refractivity contribution in [3.05, 3.63) is 11.6 Å². The second-order valence-corrected chi connectivity index (χ2v) is 17.5. The quantitative estimate of drug-likeness (QED) is 0.270. The van der Waals surface area contributed by atoms with E-state index in [1.165, 1.54) is 12.5 Å².